The second-order valence-electron chi connectivity index (χ2n) is 6.49. The van der Waals surface area contributed by atoms with Crippen molar-refractivity contribution in [2.24, 2.45) is 17.3 Å². The summed E-state index contributed by atoms with van der Waals surface area (Å²) in [6, 6.07) is 8.77. The lowest BCUT2D eigenvalue weighted by molar-refractivity contribution is 0.157. The fraction of sp³-hybridized carbons (Fsp3) is 0.647. The number of fused-ring (bicyclic) bond motifs is 2. The number of hydrogen-bond acceptors (Lipinski definition) is 1. The van der Waals surface area contributed by atoms with Gasteiger partial charge in [0.15, 0.2) is 0 Å². The van der Waals surface area contributed by atoms with Crippen LogP contribution in [0.1, 0.15) is 38.2 Å². The Morgan fingerprint density at radius 2 is 2.16 bits per heavy atom. The molecule has 19 heavy (non-hydrogen) atoms. The van der Waals surface area contributed by atoms with E-state index in [2.05, 4.69) is 52.4 Å². The van der Waals surface area contributed by atoms with Crippen molar-refractivity contribution < 1.29 is 0 Å². The molecule has 1 N–H and O–H groups in total. The molecule has 3 rings (SSSR count). The number of benzene rings is 1. The van der Waals surface area contributed by atoms with E-state index >= 15 is 0 Å². The van der Waals surface area contributed by atoms with E-state index in [9.17, 15) is 0 Å². The summed E-state index contributed by atoms with van der Waals surface area (Å²) >= 11 is 3.73. The predicted octanol–water partition coefficient (Wildman–Crippen LogP) is 4.41. The van der Waals surface area contributed by atoms with Gasteiger partial charge in [0.2, 0.25) is 0 Å². The molecule has 0 saturated heterocycles. The standard InChI is InChI=1S/C17H24BrN/c1-2-19-12-17(10-13-7-8-15(17)9-13)11-14-5-3-4-6-16(14)18/h3-6,13,15,19H,2,7-12H2,1H3. The highest BCUT2D eigenvalue weighted by Gasteiger charge is 2.50. The van der Waals surface area contributed by atoms with Gasteiger partial charge in [-0.15, -0.1) is 0 Å². The monoisotopic (exact) mass is 321 g/mol. The maximum Gasteiger partial charge on any atom is 0.0207 e. The second-order valence-corrected chi connectivity index (χ2v) is 7.35. The van der Waals surface area contributed by atoms with Crippen LogP contribution in [0.15, 0.2) is 28.7 Å². The first-order valence-corrected chi connectivity index (χ1v) is 8.47. The van der Waals surface area contributed by atoms with E-state index in [1.54, 1.807) is 0 Å². The van der Waals surface area contributed by atoms with Gasteiger partial charge in [-0.05, 0) is 61.1 Å². The molecule has 3 atom stereocenters. The highest BCUT2D eigenvalue weighted by molar-refractivity contribution is 9.10. The van der Waals surface area contributed by atoms with E-state index in [0.717, 1.165) is 18.4 Å². The minimum atomic E-state index is 0.517. The van der Waals surface area contributed by atoms with Crippen molar-refractivity contribution in [3.63, 3.8) is 0 Å². The van der Waals surface area contributed by atoms with Crippen LogP contribution < -0.4 is 5.32 Å². The van der Waals surface area contributed by atoms with Crippen molar-refractivity contribution in [3.05, 3.63) is 34.3 Å². The fourth-order valence-corrected chi connectivity index (χ4v) is 4.87. The topological polar surface area (TPSA) is 12.0 Å². The van der Waals surface area contributed by atoms with E-state index < -0.39 is 0 Å². The zero-order valence-corrected chi connectivity index (χ0v) is 13.4. The van der Waals surface area contributed by atoms with Crippen molar-refractivity contribution in [1.29, 1.82) is 0 Å². The molecule has 2 aliphatic carbocycles. The Hall–Kier alpha value is -0.340. The average molecular weight is 322 g/mol. The lowest BCUT2D eigenvalue weighted by Gasteiger charge is -2.38. The van der Waals surface area contributed by atoms with Crippen LogP contribution >= 0.6 is 15.9 Å². The molecule has 0 heterocycles. The predicted molar refractivity (Wildman–Crippen MR) is 84.3 cm³/mol. The number of halogens is 1. The summed E-state index contributed by atoms with van der Waals surface area (Å²) < 4.78 is 1.29. The van der Waals surface area contributed by atoms with Crippen molar-refractivity contribution >= 4 is 15.9 Å². The van der Waals surface area contributed by atoms with Crippen molar-refractivity contribution in [2.45, 2.75) is 39.0 Å². The molecular formula is C17H24BrN. The molecule has 3 unspecified atom stereocenters. The first kappa shape index (κ1) is 13.6. The van der Waals surface area contributed by atoms with Crippen molar-refractivity contribution in [2.75, 3.05) is 13.1 Å². The average Bonchev–Trinajstić information content (AvgIpc) is 3.00. The fourth-order valence-electron chi connectivity index (χ4n) is 4.45. The number of hydrogen-bond donors (Lipinski definition) is 1. The SMILES string of the molecule is CCNCC1(Cc2ccccc2Br)CC2CCC1C2. The molecule has 0 aliphatic heterocycles. The molecule has 0 aromatic heterocycles. The van der Waals surface area contributed by atoms with E-state index in [4.69, 9.17) is 0 Å². The Bertz CT molecular complexity index is 445. The maximum atomic E-state index is 3.73. The molecule has 2 bridgehead atoms. The molecule has 2 aliphatic rings. The van der Waals surface area contributed by atoms with Gasteiger partial charge in [-0.1, -0.05) is 47.5 Å². The molecule has 1 aromatic rings. The molecule has 2 fully saturated rings. The summed E-state index contributed by atoms with van der Waals surface area (Å²) in [5.41, 5.74) is 2.01. The van der Waals surface area contributed by atoms with Gasteiger partial charge in [0.1, 0.15) is 0 Å². The quantitative estimate of drug-likeness (QED) is 0.847. The maximum absolute atomic E-state index is 3.73. The van der Waals surface area contributed by atoms with E-state index in [1.165, 1.54) is 48.7 Å². The summed E-state index contributed by atoms with van der Waals surface area (Å²) in [6.45, 7) is 4.51. The van der Waals surface area contributed by atoms with Gasteiger partial charge in [-0.25, -0.2) is 0 Å². The Balaban J connectivity index is 1.82. The van der Waals surface area contributed by atoms with Gasteiger partial charge in [0.25, 0.3) is 0 Å². The Labute approximate surface area is 125 Å². The van der Waals surface area contributed by atoms with Gasteiger partial charge in [-0.2, -0.15) is 0 Å². The van der Waals surface area contributed by atoms with Crippen molar-refractivity contribution in [1.82, 2.24) is 5.32 Å². The Kier molecular flexibility index (Phi) is 4.00. The second kappa shape index (κ2) is 5.57. The molecule has 0 amide bonds. The Morgan fingerprint density at radius 1 is 1.32 bits per heavy atom. The Morgan fingerprint density at radius 3 is 2.79 bits per heavy atom. The van der Waals surface area contributed by atoms with E-state index in [1.807, 2.05) is 0 Å². The van der Waals surface area contributed by atoms with Crippen LogP contribution in [0, 0.1) is 17.3 Å². The lowest BCUT2D eigenvalue weighted by atomic mass is 9.69. The molecule has 2 saturated carbocycles. The molecule has 2 heteroatoms. The summed E-state index contributed by atoms with van der Waals surface area (Å²) in [7, 11) is 0. The van der Waals surface area contributed by atoms with Crippen LogP contribution in [0.3, 0.4) is 0 Å². The van der Waals surface area contributed by atoms with Crippen LogP contribution in [0.25, 0.3) is 0 Å². The zero-order chi connectivity index (χ0) is 13.3. The summed E-state index contributed by atoms with van der Waals surface area (Å²) in [4.78, 5) is 0. The molecule has 0 radical (unpaired) electrons. The molecular weight excluding hydrogens is 298 g/mol. The van der Waals surface area contributed by atoms with Gasteiger partial charge >= 0.3 is 0 Å². The van der Waals surface area contributed by atoms with E-state index in [-0.39, 0.29) is 0 Å². The highest BCUT2D eigenvalue weighted by Crippen LogP contribution is 2.57. The normalized spacial score (nSPS) is 32.9. The first-order valence-electron chi connectivity index (χ1n) is 7.67. The van der Waals surface area contributed by atoms with Crippen LogP contribution in [0.4, 0.5) is 0 Å². The molecule has 104 valence electrons. The van der Waals surface area contributed by atoms with Crippen LogP contribution in [0.2, 0.25) is 0 Å². The van der Waals surface area contributed by atoms with Crippen LogP contribution in [-0.4, -0.2) is 13.1 Å². The van der Waals surface area contributed by atoms with Gasteiger partial charge in [0.05, 0.1) is 0 Å². The summed E-state index contributed by atoms with van der Waals surface area (Å²) in [5.74, 6) is 1.95. The summed E-state index contributed by atoms with van der Waals surface area (Å²) in [6.07, 6.45) is 7.10. The van der Waals surface area contributed by atoms with Gasteiger partial charge in [-0.3, -0.25) is 0 Å². The minimum Gasteiger partial charge on any atom is -0.316 e. The van der Waals surface area contributed by atoms with Crippen LogP contribution in [-0.2, 0) is 6.42 Å². The number of rotatable bonds is 5. The minimum absolute atomic E-state index is 0.517. The van der Waals surface area contributed by atoms with Gasteiger partial charge < -0.3 is 5.32 Å². The third-order valence-electron chi connectivity index (χ3n) is 5.33. The van der Waals surface area contributed by atoms with E-state index in [0.29, 0.717) is 5.41 Å². The summed E-state index contributed by atoms with van der Waals surface area (Å²) in [5, 5.41) is 3.64. The zero-order valence-electron chi connectivity index (χ0n) is 11.8. The molecule has 1 aromatic carbocycles. The highest BCUT2D eigenvalue weighted by atomic mass is 79.9. The lowest BCUT2D eigenvalue weighted by Crippen LogP contribution is -2.40. The van der Waals surface area contributed by atoms with Crippen LogP contribution in [0.5, 0.6) is 0 Å². The third kappa shape index (κ3) is 2.62. The molecule has 1 nitrogen and oxygen atoms in total. The number of nitrogens with one attached hydrogen (secondary N) is 1. The van der Waals surface area contributed by atoms with Crippen molar-refractivity contribution in [3.8, 4) is 0 Å². The van der Waals surface area contributed by atoms with Gasteiger partial charge in [0, 0.05) is 11.0 Å². The largest absolute Gasteiger partial charge is 0.316 e. The first-order chi connectivity index (χ1) is 9.23. The smallest absolute Gasteiger partial charge is 0.0207 e. The third-order valence-corrected chi connectivity index (χ3v) is 6.10. The molecule has 0 spiro atoms.